The van der Waals surface area contributed by atoms with Crippen molar-refractivity contribution < 1.29 is 5.48 Å². The summed E-state index contributed by atoms with van der Waals surface area (Å²) in [6.07, 6.45) is 0.190. The summed E-state index contributed by atoms with van der Waals surface area (Å²) in [7, 11) is 0. The molecule has 2 nitrogen and oxygen atoms in total. The van der Waals surface area contributed by atoms with Crippen LogP contribution in [-0.2, 0) is 6.42 Å². The quantitative estimate of drug-likeness (QED) is 0.735. The largest absolute Gasteiger partial charge is 0.399 e. The number of hydrogen-bond acceptors (Lipinski definition) is 2. The Balaban J connectivity index is 2.48. The first-order chi connectivity index (χ1) is 8.88. The van der Waals surface area contributed by atoms with Gasteiger partial charge in [-0.1, -0.05) is 24.2 Å². The van der Waals surface area contributed by atoms with Gasteiger partial charge in [0.05, 0.1) is 5.48 Å². The third-order valence-corrected chi connectivity index (χ3v) is 2.01. The highest BCUT2D eigenvalue weighted by molar-refractivity contribution is 5.43. The molecule has 0 heterocycles. The topological polar surface area (TPSA) is 52.0 Å². The van der Waals surface area contributed by atoms with Gasteiger partial charge in [0, 0.05) is 11.4 Å². The van der Waals surface area contributed by atoms with Crippen LogP contribution in [-0.4, -0.2) is 0 Å². The van der Waals surface area contributed by atoms with Crippen molar-refractivity contribution in [2.24, 2.45) is 0 Å². The zero-order chi connectivity index (χ0) is 14.2. The molecule has 0 saturated heterocycles. The van der Waals surface area contributed by atoms with Crippen molar-refractivity contribution in [2.75, 3.05) is 11.5 Å². The molecule has 0 aliphatic carbocycles. The van der Waals surface area contributed by atoms with Crippen LogP contribution in [0.25, 0.3) is 0 Å². The molecule has 0 fully saturated rings. The Morgan fingerprint density at radius 3 is 1.47 bits per heavy atom. The van der Waals surface area contributed by atoms with E-state index in [0.29, 0.717) is 22.5 Å². The number of hydrogen-bond donors (Lipinski definition) is 2. The third-order valence-electron chi connectivity index (χ3n) is 2.01. The van der Waals surface area contributed by atoms with E-state index in [4.69, 9.17) is 17.0 Å². The minimum Gasteiger partial charge on any atom is -0.399 e. The number of rotatable bonds is 2. The summed E-state index contributed by atoms with van der Waals surface area (Å²) < 4.78 is 31.4. The Hall–Kier alpha value is -1.96. The molecule has 76 valence electrons. The molecule has 15 heavy (non-hydrogen) atoms. The van der Waals surface area contributed by atoms with Crippen LogP contribution < -0.4 is 11.5 Å². The van der Waals surface area contributed by atoms with E-state index >= 15 is 0 Å². The summed E-state index contributed by atoms with van der Waals surface area (Å²) in [5, 5.41) is 0. The lowest BCUT2D eigenvalue weighted by molar-refractivity contribution is 1.19. The number of anilines is 2. The van der Waals surface area contributed by atoms with E-state index in [2.05, 4.69) is 0 Å². The fourth-order valence-corrected chi connectivity index (χ4v) is 1.23. The molecule has 0 aromatic heterocycles. The highest BCUT2D eigenvalue weighted by atomic mass is 14.5. The Bertz CT molecular complexity index is 539. The van der Waals surface area contributed by atoms with Crippen molar-refractivity contribution in [3.8, 4) is 0 Å². The Morgan fingerprint density at radius 1 is 0.800 bits per heavy atom. The lowest BCUT2D eigenvalue weighted by Crippen LogP contribution is -1.90. The summed E-state index contributed by atoms with van der Waals surface area (Å²) in [5.41, 5.74) is 12.8. The van der Waals surface area contributed by atoms with Crippen molar-refractivity contribution >= 4 is 11.4 Å². The van der Waals surface area contributed by atoms with E-state index in [-0.39, 0.29) is 30.6 Å². The molecule has 0 atom stereocenters. The van der Waals surface area contributed by atoms with Crippen LogP contribution in [0.5, 0.6) is 0 Å². The van der Waals surface area contributed by atoms with Gasteiger partial charge in [0.25, 0.3) is 0 Å². The van der Waals surface area contributed by atoms with Gasteiger partial charge in [-0.25, -0.2) is 0 Å². The first kappa shape index (κ1) is 5.81. The summed E-state index contributed by atoms with van der Waals surface area (Å²) >= 11 is 0. The van der Waals surface area contributed by atoms with Crippen LogP contribution in [0.4, 0.5) is 11.4 Å². The number of benzene rings is 2. The van der Waals surface area contributed by atoms with Crippen molar-refractivity contribution in [1.82, 2.24) is 0 Å². The molecule has 0 bridgehead atoms. The van der Waals surface area contributed by atoms with E-state index in [1.165, 1.54) is 24.3 Å². The second-order valence-corrected chi connectivity index (χ2v) is 3.29. The molecule has 2 aromatic rings. The fourth-order valence-electron chi connectivity index (χ4n) is 1.23. The van der Waals surface area contributed by atoms with Crippen molar-refractivity contribution in [2.45, 2.75) is 6.42 Å². The minimum absolute atomic E-state index is 0.153. The minimum atomic E-state index is 0.153. The van der Waals surface area contributed by atoms with Gasteiger partial charge in [-0.2, -0.15) is 0 Å². The van der Waals surface area contributed by atoms with Crippen LogP contribution in [0, 0.1) is 0 Å². The molecule has 2 aromatic carbocycles. The maximum Gasteiger partial charge on any atom is 0.0626 e. The first-order valence-electron chi connectivity index (χ1n) is 6.59. The molecule has 0 spiro atoms. The van der Waals surface area contributed by atoms with E-state index in [1.54, 1.807) is 0 Å². The third kappa shape index (κ3) is 2.50. The normalized spacial score (nSPS) is 13.9. The zero-order valence-corrected chi connectivity index (χ0v) is 8.17. The van der Waals surface area contributed by atoms with E-state index < -0.39 is 0 Å². The second-order valence-electron chi connectivity index (χ2n) is 3.29. The Morgan fingerprint density at radius 2 is 1.13 bits per heavy atom. The van der Waals surface area contributed by atoms with Gasteiger partial charge in [-0.3, -0.25) is 0 Å². The van der Waals surface area contributed by atoms with Gasteiger partial charge in [0.15, 0.2) is 0 Å². The fraction of sp³-hybridized carbons (Fsp3) is 0.0769. The number of nitrogens with two attached hydrogens (primary N) is 2. The van der Waals surface area contributed by atoms with Crippen molar-refractivity contribution in [3.63, 3.8) is 0 Å². The molecule has 2 rings (SSSR count). The molecular formula is C13H14N2. The average Bonchev–Trinajstić information content (AvgIpc) is 2.25. The summed E-state index contributed by atoms with van der Waals surface area (Å²) in [5.74, 6) is 0. The van der Waals surface area contributed by atoms with Crippen LogP contribution in [0.1, 0.15) is 16.6 Å². The number of nitrogen functional groups attached to an aromatic ring is 2. The van der Waals surface area contributed by atoms with Gasteiger partial charge in [-0.15, -0.1) is 0 Å². The standard InChI is InChI=1S/C13H14N2/c14-12-5-1-10(2-6-12)9-11-3-7-13(15)8-4-11/h1-8H,9,14-15H2/i1D,2D,3D,4D. The molecule has 0 amide bonds. The smallest absolute Gasteiger partial charge is 0.0626 e. The first-order valence-corrected chi connectivity index (χ1v) is 4.59. The second kappa shape index (κ2) is 4.05. The molecule has 0 saturated carbocycles. The summed E-state index contributed by atoms with van der Waals surface area (Å²) in [6, 6.07) is 6.49. The maximum atomic E-state index is 7.84. The zero-order valence-electron chi connectivity index (χ0n) is 12.2. The highest BCUT2D eigenvalue weighted by Crippen LogP contribution is 2.13. The van der Waals surface area contributed by atoms with E-state index in [0.717, 1.165) is 0 Å². The predicted molar refractivity (Wildman–Crippen MR) is 64.5 cm³/mol. The highest BCUT2D eigenvalue weighted by Gasteiger charge is 1.95. The van der Waals surface area contributed by atoms with E-state index in [1.807, 2.05) is 0 Å². The van der Waals surface area contributed by atoms with Crippen LogP contribution in [0.3, 0.4) is 0 Å². The van der Waals surface area contributed by atoms with Crippen molar-refractivity contribution in [3.05, 3.63) is 59.6 Å². The molecule has 0 aliphatic rings. The maximum absolute atomic E-state index is 7.84. The average molecular weight is 202 g/mol. The predicted octanol–water partition coefficient (Wildman–Crippen LogP) is 2.44. The van der Waals surface area contributed by atoms with Gasteiger partial charge in [-0.05, 0) is 41.8 Å². The summed E-state index contributed by atoms with van der Waals surface area (Å²) in [6.45, 7) is 0. The van der Waals surface area contributed by atoms with Crippen LogP contribution in [0.15, 0.2) is 48.4 Å². The SMILES string of the molecule is [2H]c1cc(N)cc([2H])c1Cc1c([2H])cc(N)cc1[2H]. The lowest BCUT2D eigenvalue weighted by Gasteiger charge is -2.02. The summed E-state index contributed by atoms with van der Waals surface area (Å²) in [4.78, 5) is 0. The lowest BCUT2D eigenvalue weighted by atomic mass is 10.0. The van der Waals surface area contributed by atoms with Gasteiger partial charge in [0.2, 0.25) is 0 Å². The van der Waals surface area contributed by atoms with Crippen molar-refractivity contribution in [1.29, 1.82) is 0 Å². The molecular weight excluding hydrogens is 184 g/mol. The molecule has 0 aliphatic heterocycles. The Labute approximate surface area is 95.2 Å². The van der Waals surface area contributed by atoms with Gasteiger partial charge >= 0.3 is 0 Å². The van der Waals surface area contributed by atoms with E-state index in [9.17, 15) is 0 Å². The van der Waals surface area contributed by atoms with Gasteiger partial charge in [0.1, 0.15) is 0 Å². The molecule has 2 heteroatoms. The molecule has 0 unspecified atom stereocenters. The monoisotopic (exact) mass is 202 g/mol. The molecule has 4 N–H and O–H groups in total. The Kier molecular flexibility index (Phi) is 1.57. The van der Waals surface area contributed by atoms with Gasteiger partial charge < -0.3 is 11.5 Å². The van der Waals surface area contributed by atoms with Crippen LogP contribution >= 0.6 is 0 Å². The van der Waals surface area contributed by atoms with Crippen LogP contribution in [0.2, 0.25) is 0 Å². The molecule has 0 radical (unpaired) electrons.